The van der Waals surface area contributed by atoms with Crippen molar-refractivity contribution in [3.8, 4) is 0 Å². The van der Waals surface area contributed by atoms with E-state index in [-0.39, 0.29) is 23.0 Å². The van der Waals surface area contributed by atoms with Gasteiger partial charge in [0.2, 0.25) is 15.9 Å². The van der Waals surface area contributed by atoms with Gasteiger partial charge in [0.1, 0.15) is 0 Å². The van der Waals surface area contributed by atoms with E-state index in [1.807, 2.05) is 0 Å². The maximum absolute atomic E-state index is 12.4. The zero-order chi connectivity index (χ0) is 17.0. The van der Waals surface area contributed by atoms with Gasteiger partial charge in [-0.05, 0) is 12.1 Å². The molecule has 0 radical (unpaired) electrons. The number of morpholine rings is 1. The summed E-state index contributed by atoms with van der Waals surface area (Å²) in [6.45, 7) is 1.45. The first-order chi connectivity index (χ1) is 10.8. The molecule has 1 aromatic rings. The topological polar surface area (TPSA) is 110 Å². The highest BCUT2D eigenvalue weighted by Crippen LogP contribution is 2.18. The monoisotopic (exact) mass is 343 g/mol. The minimum atomic E-state index is -3.88. The Morgan fingerprint density at radius 1 is 1.30 bits per heavy atom. The molecule has 1 aliphatic rings. The van der Waals surface area contributed by atoms with Gasteiger partial charge in [0.15, 0.2) is 0 Å². The lowest BCUT2D eigenvalue weighted by atomic mass is 10.3. The Balaban J connectivity index is 2.08. The molecule has 126 valence electrons. The molecule has 1 saturated heterocycles. The van der Waals surface area contributed by atoms with E-state index < -0.39 is 14.9 Å². The predicted molar refractivity (Wildman–Crippen MR) is 80.3 cm³/mol. The summed E-state index contributed by atoms with van der Waals surface area (Å²) in [7, 11) is -2.58. The molecule has 1 aliphatic heterocycles. The van der Waals surface area contributed by atoms with E-state index in [2.05, 4.69) is 0 Å². The van der Waals surface area contributed by atoms with Crippen molar-refractivity contribution in [3.63, 3.8) is 0 Å². The number of benzene rings is 1. The van der Waals surface area contributed by atoms with E-state index in [1.165, 1.54) is 7.05 Å². The number of nitro benzene ring substituents is 1. The summed E-state index contributed by atoms with van der Waals surface area (Å²) in [6.07, 6.45) is 0. The van der Waals surface area contributed by atoms with Gasteiger partial charge >= 0.3 is 0 Å². The summed E-state index contributed by atoms with van der Waals surface area (Å²) in [5.74, 6) is -0.304. The predicted octanol–water partition coefficient (Wildman–Crippen LogP) is 0.0741. The number of ether oxygens (including phenoxy) is 1. The number of carbonyl (C=O) groups is 1. The van der Waals surface area contributed by atoms with E-state index in [0.717, 1.165) is 28.6 Å². The first kappa shape index (κ1) is 17.3. The summed E-state index contributed by atoms with van der Waals surface area (Å²) in [5.41, 5.74) is -0.198. The van der Waals surface area contributed by atoms with Crippen LogP contribution in [0.2, 0.25) is 0 Å². The molecule has 0 aromatic heterocycles. The van der Waals surface area contributed by atoms with Crippen LogP contribution in [0, 0.1) is 10.1 Å². The maximum atomic E-state index is 12.4. The van der Waals surface area contributed by atoms with Crippen molar-refractivity contribution in [2.45, 2.75) is 4.90 Å². The van der Waals surface area contributed by atoms with Crippen LogP contribution in [0.15, 0.2) is 29.2 Å². The zero-order valence-corrected chi connectivity index (χ0v) is 13.4. The Morgan fingerprint density at radius 3 is 2.39 bits per heavy atom. The summed E-state index contributed by atoms with van der Waals surface area (Å²) in [6, 6.07) is 4.54. The first-order valence-corrected chi connectivity index (χ1v) is 8.32. The molecule has 0 aliphatic carbocycles. The number of nitrogens with zero attached hydrogens (tertiary/aromatic N) is 3. The molecule has 1 amide bonds. The number of rotatable bonds is 5. The molecule has 1 heterocycles. The third-order valence-electron chi connectivity index (χ3n) is 3.48. The zero-order valence-electron chi connectivity index (χ0n) is 12.5. The minimum absolute atomic E-state index is 0.0969. The number of non-ortho nitro benzene ring substituents is 1. The molecular formula is C13H17N3O6S. The second-order valence-corrected chi connectivity index (χ2v) is 7.05. The highest BCUT2D eigenvalue weighted by molar-refractivity contribution is 7.89. The second kappa shape index (κ2) is 7.02. The third kappa shape index (κ3) is 4.03. The standard InChI is InChI=1S/C13H17N3O6S/c1-14(10-13(17)15-6-8-22-9-7-15)23(20,21)12-4-2-11(3-5-12)16(18)19/h2-5H,6-10H2,1H3. The maximum Gasteiger partial charge on any atom is 0.269 e. The summed E-state index contributed by atoms with van der Waals surface area (Å²) < 4.78 is 30.9. The van der Waals surface area contributed by atoms with Crippen LogP contribution in [0.3, 0.4) is 0 Å². The molecule has 0 N–H and O–H groups in total. The molecule has 0 bridgehead atoms. The minimum Gasteiger partial charge on any atom is -0.378 e. The van der Waals surface area contributed by atoms with Crippen molar-refractivity contribution >= 4 is 21.6 Å². The second-order valence-electron chi connectivity index (χ2n) is 5.01. The van der Waals surface area contributed by atoms with Crippen molar-refractivity contribution in [2.24, 2.45) is 0 Å². The molecule has 1 aromatic carbocycles. The third-order valence-corrected chi connectivity index (χ3v) is 5.30. The molecule has 0 saturated carbocycles. The normalized spacial score (nSPS) is 15.7. The molecular weight excluding hydrogens is 326 g/mol. The van der Waals surface area contributed by atoms with E-state index >= 15 is 0 Å². The van der Waals surface area contributed by atoms with Crippen molar-refractivity contribution in [1.82, 2.24) is 9.21 Å². The summed E-state index contributed by atoms with van der Waals surface area (Å²) in [5, 5.41) is 10.6. The fourth-order valence-electron chi connectivity index (χ4n) is 2.11. The quantitative estimate of drug-likeness (QED) is 0.553. The Hall–Kier alpha value is -2.04. The lowest BCUT2D eigenvalue weighted by Crippen LogP contribution is -2.46. The van der Waals surface area contributed by atoms with Crippen molar-refractivity contribution in [1.29, 1.82) is 0 Å². The van der Waals surface area contributed by atoms with Crippen molar-refractivity contribution in [3.05, 3.63) is 34.4 Å². The first-order valence-electron chi connectivity index (χ1n) is 6.88. The van der Waals surface area contributed by atoms with Crippen LogP contribution in [0.1, 0.15) is 0 Å². The van der Waals surface area contributed by atoms with E-state index in [1.54, 1.807) is 4.90 Å². The Morgan fingerprint density at radius 2 is 1.87 bits per heavy atom. The van der Waals surface area contributed by atoms with Gasteiger partial charge in [-0.1, -0.05) is 0 Å². The summed E-state index contributed by atoms with van der Waals surface area (Å²) >= 11 is 0. The van der Waals surface area contributed by atoms with Gasteiger partial charge in [0.05, 0.1) is 29.6 Å². The molecule has 1 fully saturated rings. The molecule has 0 atom stereocenters. The van der Waals surface area contributed by atoms with Crippen LogP contribution in [-0.4, -0.2) is 68.3 Å². The number of carbonyl (C=O) groups excluding carboxylic acids is 1. The summed E-state index contributed by atoms with van der Waals surface area (Å²) in [4.78, 5) is 23.5. The molecule has 0 spiro atoms. The molecule has 2 rings (SSSR count). The lowest BCUT2D eigenvalue weighted by Gasteiger charge is -2.28. The number of hydrogen-bond acceptors (Lipinski definition) is 6. The average molecular weight is 343 g/mol. The Kier molecular flexibility index (Phi) is 5.29. The molecule has 0 unspecified atom stereocenters. The van der Waals surface area contributed by atoms with Crippen molar-refractivity contribution in [2.75, 3.05) is 39.9 Å². The largest absolute Gasteiger partial charge is 0.378 e. The molecule has 10 heteroatoms. The van der Waals surface area contributed by atoms with Gasteiger partial charge in [0.25, 0.3) is 5.69 Å². The molecule has 23 heavy (non-hydrogen) atoms. The van der Waals surface area contributed by atoms with Gasteiger partial charge in [-0.15, -0.1) is 0 Å². The van der Waals surface area contributed by atoms with Crippen LogP contribution in [0.4, 0.5) is 5.69 Å². The van der Waals surface area contributed by atoms with Crippen LogP contribution in [0.5, 0.6) is 0 Å². The molecule has 9 nitrogen and oxygen atoms in total. The fraction of sp³-hybridized carbons (Fsp3) is 0.462. The smallest absolute Gasteiger partial charge is 0.269 e. The van der Waals surface area contributed by atoms with Gasteiger partial charge in [-0.25, -0.2) is 8.42 Å². The SMILES string of the molecule is CN(CC(=O)N1CCOCC1)S(=O)(=O)c1ccc([N+](=O)[O-])cc1. The Labute approximate surface area is 133 Å². The number of nitro groups is 1. The highest BCUT2D eigenvalue weighted by atomic mass is 32.2. The highest BCUT2D eigenvalue weighted by Gasteiger charge is 2.26. The number of hydrogen-bond donors (Lipinski definition) is 0. The van der Waals surface area contributed by atoms with Gasteiger partial charge in [0, 0.05) is 32.3 Å². The van der Waals surface area contributed by atoms with E-state index in [9.17, 15) is 23.3 Å². The van der Waals surface area contributed by atoms with Gasteiger partial charge in [-0.2, -0.15) is 4.31 Å². The van der Waals surface area contributed by atoms with E-state index in [0.29, 0.717) is 26.3 Å². The number of likely N-dealkylation sites (N-methyl/N-ethyl adjacent to an activating group) is 1. The van der Waals surface area contributed by atoms with Crippen LogP contribution in [0.25, 0.3) is 0 Å². The number of amides is 1. The van der Waals surface area contributed by atoms with E-state index in [4.69, 9.17) is 4.74 Å². The number of sulfonamides is 1. The van der Waals surface area contributed by atoms with Crippen LogP contribution >= 0.6 is 0 Å². The average Bonchev–Trinajstić information content (AvgIpc) is 2.55. The Bertz CT molecular complexity index is 682. The van der Waals surface area contributed by atoms with Crippen molar-refractivity contribution < 1.29 is 22.9 Å². The van der Waals surface area contributed by atoms with Crippen LogP contribution in [-0.2, 0) is 19.6 Å². The fourth-order valence-corrected chi connectivity index (χ4v) is 3.23. The van der Waals surface area contributed by atoms with Gasteiger partial charge < -0.3 is 9.64 Å². The van der Waals surface area contributed by atoms with Gasteiger partial charge in [-0.3, -0.25) is 14.9 Å². The van der Waals surface area contributed by atoms with Crippen LogP contribution < -0.4 is 0 Å². The lowest BCUT2D eigenvalue weighted by molar-refractivity contribution is -0.384.